The first kappa shape index (κ1) is 18.8. The molecule has 1 amide bonds. The Balaban J connectivity index is 2.00. The third-order valence-electron chi connectivity index (χ3n) is 4.58. The van der Waals surface area contributed by atoms with Gasteiger partial charge in [0.1, 0.15) is 11.3 Å². The number of carbonyl (C=O) groups excluding carboxylic acids is 2. The van der Waals surface area contributed by atoms with Gasteiger partial charge in [-0.1, -0.05) is 25.3 Å². The highest BCUT2D eigenvalue weighted by Gasteiger charge is 2.35. The van der Waals surface area contributed by atoms with E-state index in [9.17, 15) is 14.9 Å². The van der Waals surface area contributed by atoms with Crippen molar-refractivity contribution in [3.8, 4) is 11.8 Å². The summed E-state index contributed by atoms with van der Waals surface area (Å²) in [6.45, 7) is 3.38. The average molecular weight is 344 g/mol. The molecule has 1 aliphatic rings. The smallest absolute Gasteiger partial charge is 0.339 e. The lowest BCUT2D eigenvalue weighted by molar-refractivity contribution is -0.130. The normalized spacial score (nSPS) is 17.0. The Labute approximate surface area is 148 Å². The quantitative estimate of drug-likeness (QED) is 0.830. The van der Waals surface area contributed by atoms with E-state index in [1.807, 2.05) is 6.92 Å². The molecule has 0 aromatic heterocycles. The Bertz CT molecular complexity index is 687. The van der Waals surface area contributed by atoms with Gasteiger partial charge >= 0.3 is 5.97 Å². The number of rotatable bonds is 5. The summed E-state index contributed by atoms with van der Waals surface area (Å²) < 4.78 is 10.4. The highest BCUT2D eigenvalue weighted by molar-refractivity contribution is 5.92. The summed E-state index contributed by atoms with van der Waals surface area (Å²) in [4.78, 5) is 24.6. The van der Waals surface area contributed by atoms with Crippen LogP contribution in [0.5, 0.6) is 5.75 Å². The van der Waals surface area contributed by atoms with Gasteiger partial charge in [0.15, 0.2) is 6.10 Å². The Morgan fingerprint density at radius 3 is 2.56 bits per heavy atom. The summed E-state index contributed by atoms with van der Waals surface area (Å²) in [6.07, 6.45) is 3.16. The molecular weight excluding hydrogens is 320 g/mol. The summed E-state index contributed by atoms with van der Waals surface area (Å²) in [7, 11) is 1.53. The molecule has 1 aromatic rings. The second kappa shape index (κ2) is 8.02. The molecule has 2 rings (SSSR count). The molecule has 0 heterocycles. The Morgan fingerprint density at radius 1 is 1.28 bits per heavy atom. The number of hydrogen-bond acceptors (Lipinski definition) is 5. The number of aryl methyl sites for hydroxylation is 1. The van der Waals surface area contributed by atoms with Crippen molar-refractivity contribution in [3.05, 3.63) is 29.3 Å². The van der Waals surface area contributed by atoms with E-state index < -0.39 is 23.5 Å². The van der Waals surface area contributed by atoms with Crippen molar-refractivity contribution in [3.63, 3.8) is 0 Å². The maximum atomic E-state index is 12.4. The average Bonchev–Trinajstić information content (AvgIpc) is 2.62. The highest BCUT2D eigenvalue weighted by atomic mass is 16.5. The van der Waals surface area contributed by atoms with Gasteiger partial charge in [-0.2, -0.15) is 5.26 Å². The van der Waals surface area contributed by atoms with Gasteiger partial charge < -0.3 is 14.8 Å². The number of esters is 1. The lowest BCUT2D eigenvalue weighted by atomic mass is 9.83. The molecule has 6 nitrogen and oxygen atoms in total. The van der Waals surface area contributed by atoms with Crippen LogP contribution in [0, 0.1) is 18.3 Å². The van der Waals surface area contributed by atoms with Gasteiger partial charge in [0.25, 0.3) is 5.91 Å². The number of nitrogens with zero attached hydrogens (tertiary/aromatic N) is 1. The zero-order valence-corrected chi connectivity index (χ0v) is 14.9. The van der Waals surface area contributed by atoms with Crippen molar-refractivity contribution in [2.24, 2.45) is 0 Å². The minimum atomic E-state index is -0.980. The van der Waals surface area contributed by atoms with Gasteiger partial charge in [-0.05, 0) is 44.4 Å². The summed E-state index contributed by atoms with van der Waals surface area (Å²) in [6, 6.07) is 7.19. The first-order valence-electron chi connectivity index (χ1n) is 8.50. The number of amides is 1. The fourth-order valence-corrected chi connectivity index (χ4v) is 2.99. The van der Waals surface area contributed by atoms with Crippen molar-refractivity contribution < 1.29 is 19.1 Å². The number of ether oxygens (including phenoxy) is 2. The zero-order valence-electron chi connectivity index (χ0n) is 14.9. The lowest BCUT2D eigenvalue weighted by Gasteiger charge is -2.32. The summed E-state index contributed by atoms with van der Waals surface area (Å²) in [5.41, 5.74) is 0.371. The van der Waals surface area contributed by atoms with Crippen LogP contribution >= 0.6 is 0 Å². The van der Waals surface area contributed by atoms with Gasteiger partial charge in [0.2, 0.25) is 0 Å². The molecule has 1 aromatic carbocycles. The monoisotopic (exact) mass is 344 g/mol. The molecule has 1 saturated carbocycles. The molecule has 1 atom stereocenters. The Hall–Kier alpha value is -2.55. The number of methoxy groups -OCH3 is 1. The van der Waals surface area contributed by atoms with E-state index in [1.165, 1.54) is 14.0 Å². The van der Waals surface area contributed by atoms with Crippen LogP contribution in [0.3, 0.4) is 0 Å². The molecule has 25 heavy (non-hydrogen) atoms. The zero-order chi connectivity index (χ0) is 18.4. The Kier molecular flexibility index (Phi) is 6.02. The Morgan fingerprint density at radius 2 is 1.96 bits per heavy atom. The molecule has 0 aliphatic heterocycles. The molecule has 0 spiro atoms. The molecule has 6 heteroatoms. The van der Waals surface area contributed by atoms with E-state index in [1.54, 1.807) is 18.2 Å². The first-order valence-corrected chi connectivity index (χ1v) is 8.50. The van der Waals surface area contributed by atoms with Crippen LogP contribution in [0.25, 0.3) is 0 Å². The third-order valence-corrected chi connectivity index (χ3v) is 4.58. The van der Waals surface area contributed by atoms with E-state index in [4.69, 9.17) is 9.47 Å². The molecule has 1 fully saturated rings. The molecular formula is C19H24N2O4. The van der Waals surface area contributed by atoms with Crippen molar-refractivity contribution in [1.82, 2.24) is 5.32 Å². The molecule has 1 aliphatic carbocycles. The number of benzene rings is 1. The van der Waals surface area contributed by atoms with Gasteiger partial charge in [0, 0.05) is 0 Å². The van der Waals surface area contributed by atoms with Crippen LogP contribution < -0.4 is 10.1 Å². The van der Waals surface area contributed by atoms with Crippen LogP contribution in [0.4, 0.5) is 0 Å². The van der Waals surface area contributed by atoms with Crippen molar-refractivity contribution >= 4 is 11.9 Å². The number of carbonyl (C=O) groups is 2. The molecule has 0 saturated heterocycles. The van der Waals surface area contributed by atoms with Gasteiger partial charge in [0.05, 0.1) is 18.7 Å². The van der Waals surface area contributed by atoms with E-state index in [-0.39, 0.29) is 0 Å². The molecule has 0 bridgehead atoms. The van der Waals surface area contributed by atoms with Crippen molar-refractivity contribution in [2.45, 2.75) is 57.6 Å². The number of hydrogen-bond donors (Lipinski definition) is 1. The highest BCUT2D eigenvalue weighted by Crippen LogP contribution is 2.27. The topological polar surface area (TPSA) is 88.4 Å². The van der Waals surface area contributed by atoms with Gasteiger partial charge in [-0.3, -0.25) is 4.79 Å². The SMILES string of the molecule is COc1cc(C(=O)O[C@H](C)C(=O)NC2(C#N)CCCCC2)ccc1C. The molecule has 0 unspecified atom stereocenters. The lowest BCUT2D eigenvalue weighted by Crippen LogP contribution is -2.52. The van der Waals surface area contributed by atoms with Crippen LogP contribution in [-0.4, -0.2) is 30.6 Å². The van der Waals surface area contributed by atoms with Gasteiger partial charge in [-0.25, -0.2) is 4.79 Å². The summed E-state index contributed by atoms with van der Waals surface area (Å²) >= 11 is 0. The summed E-state index contributed by atoms with van der Waals surface area (Å²) in [5.74, 6) is -0.469. The van der Waals surface area contributed by atoms with Crippen LogP contribution in [-0.2, 0) is 9.53 Å². The molecule has 1 N–H and O–H groups in total. The second-order valence-corrected chi connectivity index (χ2v) is 6.48. The van der Waals surface area contributed by atoms with Crippen LogP contribution in [0.2, 0.25) is 0 Å². The van der Waals surface area contributed by atoms with E-state index in [2.05, 4.69) is 11.4 Å². The van der Waals surface area contributed by atoms with E-state index >= 15 is 0 Å². The third kappa shape index (κ3) is 4.50. The molecule has 134 valence electrons. The fourth-order valence-electron chi connectivity index (χ4n) is 2.99. The van der Waals surface area contributed by atoms with Crippen LogP contribution in [0.1, 0.15) is 54.9 Å². The van der Waals surface area contributed by atoms with Crippen molar-refractivity contribution in [1.29, 1.82) is 5.26 Å². The fraction of sp³-hybridized carbons (Fsp3) is 0.526. The van der Waals surface area contributed by atoms with Crippen LogP contribution in [0.15, 0.2) is 18.2 Å². The number of nitrogens with one attached hydrogen (secondary N) is 1. The summed E-state index contributed by atoms with van der Waals surface area (Å²) in [5, 5.41) is 12.2. The largest absolute Gasteiger partial charge is 0.496 e. The maximum Gasteiger partial charge on any atom is 0.339 e. The minimum Gasteiger partial charge on any atom is -0.496 e. The van der Waals surface area contributed by atoms with Gasteiger partial charge in [-0.15, -0.1) is 0 Å². The van der Waals surface area contributed by atoms with E-state index in [0.717, 1.165) is 24.8 Å². The minimum absolute atomic E-state index is 0.315. The first-order chi connectivity index (χ1) is 11.9. The standard InChI is InChI=1S/C19H24N2O4/c1-13-7-8-15(11-16(13)24-3)18(23)25-14(2)17(22)21-19(12-20)9-5-4-6-10-19/h7-8,11,14H,4-6,9-10H2,1-3H3,(H,21,22)/t14-/m1/s1. The maximum absolute atomic E-state index is 12.4. The van der Waals surface area contributed by atoms with Crippen molar-refractivity contribution in [2.75, 3.05) is 7.11 Å². The molecule has 0 radical (unpaired) electrons. The van der Waals surface area contributed by atoms with E-state index in [0.29, 0.717) is 24.2 Å². The number of nitriles is 1. The predicted molar refractivity (Wildman–Crippen MR) is 92.2 cm³/mol. The predicted octanol–water partition coefficient (Wildman–Crippen LogP) is 2.89. The second-order valence-electron chi connectivity index (χ2n) is 6.48.